The van der Waals surface area contributed by atoms with Crippen LogP contribution < -0.4 is 14.8 Å². The van der Waals surface area contributed by atoms with Gasteiger partial charge in [-0.15, -0.1) is 0 Å². The Balaban J connectivity index is 1.55. The smallest absolute Gasteiger partial charge is 0.209 e. The molecule has 8 nitrogen and oxygen atoms in total. The van der Waals surface area contributed by atoms with Crippen molar-refractivity contribution in [1.29, 1.82) is 0 Å². The molecule has 1 saturated carbocycles. The predicted molar refractivity (Wildman–Crippen MR) is 113 cm³/mol. The lowest BCUT2D eigenvalue weighted by Crippen LogP contribution is -2.56. The van der Waals surface area contributed by atoms with Gasteiger partial charge in [0, 0.05) is 12.1 Å². The Morgan fingerprint density at radius 1 is 1.27 bits per heavy atom. The molecule has 1 heterocycles. The van der Waals surface area contributed by atoms with Gasteiger partial charge in [0.05, 0.1) is 25.1 Å². The van der Waals surface area contributed by atoms with E-state index in [-0.39, 0.29) is 30.7 Å². The van der Waals surface area contributed by atoms with Crippen LogP contribution in [0.15, 0.2) is 24.3 Å². The van der Waals surface area contributed by atoms with E-state index >= 15 is 0 Å². The highest BCUT2D eigenvalue weighted by molar-refractivity contribution is 7.88. The zero-order valence-electron chi connectivity index (χ0n) is 17.3. The number of hydrogen-bond donors (Lipinski definition) is 3. The van der Waals surface area contributed by atoms with Gasteiger partial charge in [-0.25, -0.2) is 13.1 Å². The summed E-state index contributed by atoms with van der Waals surface area (Å²) in [6.45, 7) is 1.18. The molecule has 1 aromatic rings. The molecule has 1 aliphatic heterocycles. The summed E-state index contributed by atoms with van der Waals surface area (Å²) in [7, 11) is -3.29. The van der Waals surface area contributed by atoms with E-state index < -0.39 is 16.1 Å². The van der Waals surface area contributed by atoms with Crippen molar-refractivity contribution < 1.29 is 27.8 Å². The molecule has 168 valence electrons. The van der Waals surface area contributed by atoms with Crippen molar-refractivity contribution in [3.63, 3.8) is 0 Å². The first-order valence-electron chi connectivity index (χ1n) is 10.5. The number of carbonyl (C=O) groups is 1. The molecule has 1 saturated heterocycles. The van der Waals surface area contributed by atoms with Crippen molar-refractivity contribution in [3.05, 3.63) is 29.8 Å². The monoisotopic (exact) mass is 440 g/mol. The number of rotatable bonds is 9. The van der Waals surface area contributed by atoms with Crippen LogP contribution in [-0.2, 0) is 19.6 Å². The normalized spacial score (nSPS) is 30.0. The summed E-state index contributed by atoms with van der Waals surface area (Å²) in [5.41, 5.74) is 1.00. The maximum atomic E-state index is 11.6. The zero-order valence-corrected chi connectivity index (χ0v) is 18.1. The summed E-state index contributed by atoms with van der Waals surface area (Å²) in [6.07, 6.45) is 4.75. The molecule has 3 rings (SSSR count). The average molecular weight is 441 g/mol. The number of carbonyl (C=O) groups excluding carboxylic acids is 1. The van der Waals surface area contributed by atoms with E-state index in [2.05, 4.69) is 10.0 Å². The third kappa shape index (κ3) is 6.49. The standard InChI is InChI=1S/C21H32N2O6S/c1-30(26,27)23-17-6-4-10-22-18(17)14-29-21-9-8-15(13-19(21)25)16-5-2-3-7-20(16)28-12-11-24/h2-3,5,7,11,15,17-19,21-23,25H,4,6,8-10,12-14H2,1H3/t15-,17-,18-,19+,21+/m0/s1. The van der Waals surface area contributed by atoms with Crippen molar-refractivity contribution in [2.45, 2.75) is 62.3 Å². The second kappa shape index (κ2) is 10.7. The lowest BCUT2D eigenvalue weighted by Gasteiger charge is -2.37. The van der Waals surface area contributed by atoms with Crippen LogP contribution in [0.5, 0.6) is 5.75 Å². The topological polar surface area (TPSA) is 114 Å². The van der Waals surface area contributed by atoms with E-state index in [4.69, 9.17) is 9.47 Å². The van der Waals surface area contributed by atoms with Crippen molar-refractivity contribution in [2.24, 2.45) is 0 Å². The van der Waals surface area contributed by atoms with Gasteiger partial charge in [-0.1, -0.05) is 18.2 Å². The second-order valence-electron chi connectivity index (χ2n) is 8.16. The molecule has 0 spiro atoms. The summed E-state index contributed by atoms with van der Waals surface area (Å²) < 4.78 is 37.5. The fourth-order valence-corrected chi connectivity index (χ4v) is 5.27. The summed E-state index contributed by atoms with van der Waals surface area (Å²) in [4.78, 5) is 10.6. The summed E-state index contributed by atoms with van der Waals surface area (Å²) in [6, 6.07) is 7.30. The van der Waals surface area contributed by atoms with E-state index in [1.54, 1.807) is 0 Å². The minimum absolute atomic E-state index is 0.00902. The number of piperidine rings is 1. The Labute approximate surface area is 178 Å². The number of aldehydes is 1. The molecule has 3 N–H and O–H groups in total. The molecule has 1 aromatic carbocycles. The van der Waals surface area contributed by atoms with E-state index in [0.717, 1.165) is 37.7 Å². The molecule has 30 heavy (non-hydrogen) atoms. The van der Waals surface area contributed by atoms with Crippen molar-refractivity contribution in [3.8, 4) is 5.75 Å². The number of benzene rings is 1. The van der Waals surface area contributed by atoms with Crippen LogP contribution in [0.3, 0.4) is 0 Å². The van der Waals surface area contributed by atoms with Gasteiger partial charge in [0.15, 0.2) is 6.29 Å². The first-order valence-corrected chi connectivity index (χ1v) is 12.4. The SMILES string of the molecule is CS(=O)(=O)N[C@H]1CCCN[C@H]1CO[C@@H]1CC[C@H](c2ccccc2OCC=O)C[C@H]1O. The third-order valence-corrected chi connectivity index (χ3v) is 6.59. The minimum Gasteiger partial charge on any atom is -0.486 e. The van der Waals surface area contributed by atoms with Crippen LogP contribution in [0.25, 0.3) is 0 Å². The van der Waals surface area contributed by atoms with E-state index in [1.165, 1.54) is 6.26 Å². The van der Waals surface area contributed by atoms with Gasteiger partial charge >= 0.3 is 0 Å². The molecule has 9 heteroatoms. The van der Waals surface area contributed by atoms with Gasteiger partial charge in [-0.3, -0.25) is 4.79 Å². The number of aliphatic hydroxyl groups excluding tert-OH is 1. The zero-order chi connectivity index (χ0) is 21.6. The Bertz CT molecular complexity index is 802. The average Bonchev–Trinajstić information content (AvgIpc) is 2.71. The predicted octanol–water partition coefficient (Wildman–Crippen LogP) is 0.948. The van der Waals surface area contributed by atoms with Crippen molar-refractivity contribution in [2.75, 3.05) is 26.0 Å². The number of nitrogens with one attached hydrogen (secondary N) is 2. The van der Waals surface area contributed by atoms with Gasteiger partial charge in [-0.05, 0) is 56.2 Å². The molecular weight excluding hydrogens is 408 g/mol. The van der Waals surface area contributed by atoms with E-state index in [1.807, 2.05) is 24.3 Å². The Morgan fingerprint density at radius 3 is 2.80 bits per heavy atom. The lowest BCUT2D eigenvalue weighted by atomic mass is 9.80. The minimum atomic E-state index is -3.29. The molecule has 0 aromatic heterocycles. The van der Waals surface area contributed by atoms with E-state index in [9.17, 15) is 18.3 Å². The molecule has 0 radical (unpaired) electrons. The number of para-hydroxylation sites is 1. The quantitative estimate of drug-likeness (QED) is 0.490. The molecule has 0 bridgehead atoms. The first kappa shape index (κ1) is 23.1. The number of ether oxygens (including phenoxy) is 2. The number of hydrogen-bond acceptors (Lipinski definition) is 7. The fraction of sp³-hybridized carbons (Fsp3) is 0.667. The Hall–Kier alpha value is -1.52. The molecule has 5 atom stereocenters. The van der Waals surface area contributed by atoms with Gasteiger partial charge in [-0.2, -0.15) is 0 Å². The summed E-state index contributed by atoms with van der Waals surface area (Å²) >= 11 is 0. The van der Waals surface area contributed by atoms with Gasteiger partial charge < -0.3 is 19.9 Å². The van der Waals surface area contributed by atoms with Crippen LogP contribution in [0.2, 0.25) is 0 Å². The summed E-state index contributed by atoms with van der Waals surface area (Å²) in [5, 5.41) is 14.0. The van der Waals surface area contributed by atoms with Crippen LogP contribution in [0.4, 0.5) is 0 Å². The lowest BCUT2D eigenvalue weighted by molar-refractivity contribution is -0.109. The van der Waals surface area contributed by atoms with Gasteiger partial charge in [0.25, 0.3) is 0 Å². The van der Waals surface area contributed by atoms with Crippen LogP contribution in [0, 0.1) is 0 Å². The molecule has 2 aliphatic rings. The molecular formula is C21H32N2O6S. The second-order valence-corrected chi connectivity index (χ2v) is 9.94. The highest BCUT2D eigenvalue weighted by Crippen LogP contribution is 2.38. The van der Waals surface area contributed by atoms with Crippen LogP contribution >= 0.6 is 0 Å². The molecule has 1 aliphatic carbocycles. The molecule has 2 fully saturated rings. The fourth-order valence-electron chi connectivity index (χ4n) is 4.44. The van der Waals surface area contributed by atoms with Crippen molar-refractivity contribution >= 4 is 16.3 Å². The van der Waals surface area contributed by atoms with Gasteiger partial charge in [0.1, 0.15) is 12.4 Å². The highest BCUT2D eigenvalue weighted by Gasteiger charge is 2.34. The third-order valence-electron chi connectivity index (χ3n) is 5.86. The maximum Gasteiger partial charge on any atom is 0.209 e. The van der Waals surface area contributed by atoms with Crippen molar-refractivity contribution in [1.82, 2.24) is 10.0 Å². The Morgan fingerprint density at radius 2 is 2.07 bits per heavy atom. The van der Waals surface area contributed by atoms with Crippen LogP contribution in [-0.4, -0.2) is 70.1 Å². The molecule has 0 amide bonds. The number of aliphatic hydroxyl groups is 1. The largest absolute Gasteiger partial charge is 0.486 e. The van der Waals surface area contributed by atoms with E-state index in [0.29, 0.717) is 25.2 Å². The Kier molecular flexibility index (Phi) is 8.24. The summed E-state index contributed by atoms with van der Waals surface area (Å²) in [5.74, 6) is 0.817. The first-order chi connectivity index (χ1) is 14.4. The highest BCUT2D eigenvalue weighted by atomic mass is 32.2. The van der Waals surface area contributed by atoms with Gasteiger partial charge in [0.2, 0.25) is 10.0 Å². The van der Waals surface area contributed by atoms with Crippen LogP contribution in [0.1, 0.15) is 43.6 Å². The number of sulfonamides is 1. The molecule has 0 unspecified atom stereocenters. The maximum absolute atomic E-state index is 11.6.